The van der Waals surface area contributed by atoms with Gasteiger partial charge >= 0.3 is 6.18 Å². The van der Waals surface area contributed by atoms with Crippen LogP contribution in [0, 0.1) is 0 Å². The van der Waals surface area contributed by atoms with E-state index in [1.165, 1.54) is 0 Å². The minimum Gasteiger partial charge on any atom is -0.374 e. The highest BCUT2D eigenvalue weighted by atomic mass is 32.1. The van der Waals surface area contributed by atoms with E-state index in [4.69, 9.17) is 0 Å². The van der Waals surface area contributed by atoms with Crippen LogP contribution in [0.5, 0.6) is 0 Å². The Labute approximate surface area is 110 Å². The molecular formula is C12H10F3NO2S. The van der Waals surface area contributed by atoms with Gasteiger partial charge < -0.3 is 5.11 Å². The van der Waals surface area contributed by atoms with Crippen molar-refractivity contribution < 1.29 is 23.1 Å². The summed E-state index contributed by atoms with van der Waals surface area (Å²) in [6.45, 7) is 1.00. The average molecular weight is 289 g/mol. The van der Waals surface area contributed by atoms with Gasteiger partial charge in [-0.05, 0) is 19.1 Å². The summed E-state index contributed by atoms with van der Waals surface area (Å²) in [7, 11) is 0. The van der Waals surface area contributed by atoms with E-state index >= 15 is 0 Å². The fourth-order valence-electron chi connectivity index (χ4n) is 1.71. The largest absolute Gasteiger partial charge is 0.424 e. The first-order valence-electron chi connectivity index (χ1n) is 5.38. The second-order valence-corrected chi connectivity index (χ2v) is 5.25. The molecule has 1 N–H and O–H groups in total. The van der Waals surface area contributed by atoms with Gasteiger partial charge in [0.05, 0.1) is 16.6 Å². The molecule has 0 aliphatic heterocycles. The number of Topliss-reactive ketones (excluding diaryl/α,β-unsaturated/α-hetero) is 1. The number of hydrogen-bond acceptors (Lipinski definition) is 4. The van der Waals surface area contributed by atoms with E-state index < -0.39 is 29.0 Å². The maximum absolute atomic E-state index is 13.0. The van der Waals surface area contributed by atoms with Gasteiger partial charge in [0, 0.05) is 0 Å². The zero-order chi connectivity index (χ0) is 14.3. The molecule has 19 heavy (non-hydrogen) atoms. The quantitative estimate of drug-likeness (QED) is 0.945. The summed E-state index contributed by atoms with van der Waals surface area (Å²) < 4.78 is 39.7. The van der Waals surface area contributed by atoms with Crippen molar-refractivity contribution in [2.24, 2.45) is 0 Å². The van der Waals surface area contributed by atoms with Crippen LogP contribution in [0.15, 0.2) is 24.3 Å². The third kappa shape index (κ3) is 2.48. The molecule has 0 radical (unpaired) electrons. The normalized spacial score (nSPS) is 15.4. The molecule has 0 aliphatic rings. The summed E-state index contributed by atoms with van der Waals surface area (Å²) in [5.41, 5.74) is -2.85. The van der Waals surface area contributed by atoms with Crippen molar-refractivity contribution in [3.63, 3.8) is 0 Å². The molecule has 0 aliphatic carbocycles. The number of aromatic nitrogens is 1. The minimum absolute atomic E-state index is 0.369. The molecule has 0 spiro atoms. The number of ketones is 1. The lowest BCUT2D eigenvalue weighted by atomic mass is 9.97. The van der Waals surface area contributed by atoms with E-state index in [1.807, 2.05) is 0 Å². The molecule has 1 atom stereocenters. The Morgan fingerprint density at radius 2 is 2.00 bits per heavy atom. The summed E-state index contributed by atoms with van der Waals surface area (Å²) in [4.78, 5) is 14.8. The topological polar surface area (TPSA) is 50.2 Å². The van der Waals surface area contributed by atoms with Crippen LogP contribution in [0.4, 0.5) is 13.2 Å². The smallest absolute Gasteiger partial charge is 0.374 e. The third-order valence-corrected chi connectivity index (χ3v) is 3.81. The summed E-state index contributed by atoms with van der Waals surface area (Å²) >= 11 is 0.740. The van der Waals surface area contributed by atoms with E-state index in [0.717, 1.165) is 18.3 Å². The highest BCUT2D eigenvalue weighted by molar-refractivity contribution is 7.18. The first-order valence-corrected chi connectivity index (χ1v) is 6.20. The second-order valence-electron chi connectivity index (χ2n) is 4.22. The number of thiazole rings is 1. The summed E-state index contributed by atoms with van der Waals surface area (Å²) in [6, 6.07) is 6.48. The number of rotatable bonds is 3. The van der Waals surface area contributed by atoms with Gasteiger partial charge in [0.15, 0.2) is 0 Å². The molecule has 0 unspecified atom stereocenters. The van der Waals surface area contributed by atoms with Crippen molar-refractivity contribution in [1.29, 1.82) is 0 Å². The lowest BCUT2D eigenvalue weighted by molar-refractivity contribution is -0.266. The lowest BCUT2D eigenvalue weighted by Gasteiger charge is -2.27. The Bertz CT molecular complexity index is 590. The highest BCUT2D eigenvalue weighted by Crippen LogP contribution is 2.44. The van der Waals surface area contributed by atoms with Crippen molar-refractivity contribution in [2.45, 2.75) is 25.1 Å². The van der Waals surface area contributed by atoms with E-state index in [2.05, 4.69) is 4.98 Å². The first-order chi connectivity index (χ1) is 8.74. The van der Waals surface area contributed by atoms with Crippen molar-refractivity contribution >= 4 is 27.3 Å². The van der Waals surface area contributed by atoms with Crippen molar-refractivity contribution in [3.05, 3.63) is 29.3 Å². The molecule has 1 heterocycles. The predicted octanol–water partition coefficient (Wildman–Crippen LogP) is 3.03. The van der Waals surface area contributed by atoms with E-state index in [9.17, 15) is 23.1 Å². The van der Waals surface area contributed by atoms with Crippen LogP contribution in [-0.4, -0.2) is 22.1 Å². The van der Waals surface area contributed by atoms with E-state index in [-0.39, 0.29) is 0 Å². The number of benzene rings is 1. The summed E-state index contributed by atoms with van der Waals surface area (Å²) in [6.07, 6.45) is -5.98. The van der Waals surface area contributed by atoms with Gasteiger partial charge in [-0.2, -0.15) is 13.2 Å². The zero-order valence-electron chi connectivity index (χ0n) is 9.86. The lowest BCUT2D eigenvalue weighted by Crippen LogP contribution is -2.43. The van der Waals surface area contributed by atoms with Crippen LogP contribution >= 0.6 is 11.3 Å². The van der Waals surface area contributed by atoms with Gasteiger partial charge in [-0.3, -0.25) is 4.79 Å². The number of carbonyl (C=O) groups is 1. The fraction of sp³-hybridized carbons (Fsp3) is 0.333. The molecule has 3 nitrogen and oxygen atoms in total. The molecule has 1 aromatic carbocycles. The monoisotopic (exact) mass is 289 g/mol. The van der Waals surface area contributed by atoms with Gasteiger partial charge in [0.2, 0.25) is 5.60 Å². The number of hydrogen-bond donors (Lipinski definition) is 1. The Kier molecular flexibility index (Phi) is 3.36. The number of halogens is 3. The van der Waals surface area contributed by atoms with Crippen LogP contribution in [-0.2, 0) is 10.4 Å². The summed E-state index contributed by atoms with van der Waals surface area (Å²) in [5, 5.41) is 9.39. The Hall–Kier alpha value is -1.47. The molecule has 2 rings (SSSR count). The zero-order valence-corrected chi connectivity index (χ0v) is 10.7. The van der Waals surface area contributed by atoms with Crippen LogP contribution in [0.1, 0.15) is 18.4 Å². The Morgan fingerprint density at radius 1 is 1.37 bits per heavy atom. The van der Waals surface area contributed by atoms with Crippen LogP contribution in [0.25, 0.3) is 10.2 Å². The third-order valence-electron chi connectivity index (χ3n) is 2.62. The molecule has 2 aromatic rings. The van der Waals surface area contributed by atoms with Crippen LogP contribution in [0.2, 0.25) is 0 Å². The number of aliphatic hydroxyl groups is 1. The van der Waals surface area contributed by atoms with E-state index in [1.54, 1.807) is 24.3 Å². The van der Waals surface area contributed by atoms with Crippen molar-refractivity contribution in [3.8, 4) is 0 Å². The highest BCUT2D eigenvalue weighted by Gasteiger charge is 2.57. The first kappa shape index (κ1) is 14.0. The standard InChI is InChI=1S/C12H10F3NO2S/c1-7(17)6-11(18,12(13,14)15)10-16-8-4-2-3-5-9(8)19-10/h2-5,18H,6H2,1H3/t11-/m0/s1. The van der Waals surface area contributed by atoms with Gasteiger partial charge in [0.25, 0.3) is 0 Å². The fourth-order valence-corrected chi connectivity index (χ4v) is 2.78. The molecule has 1 aromatic heterocycles. The maximum Gasteiger partial charge on any atom is 0.424 e. The predicted molar refractivity (Wildman–Crippen MR) is 64.9 cm³/mol. The number of alkyl halides is 3. The maximum atomic E-state index is 13.0. The van der Waals surface area contributed by atoms with Crippen molar-refractivity contribution in [2.75, 3.05) is 0 Å². The SMILES string of the molecule is CC(=O)C[C@](O)(c1nc2ccccc2s1)C(F)(F)F. The second kappa shape index (κ2) is 4.57. The number of carbonyl (C=O) groups excluding carboxylic acids is 1. The Balaban J connectivity index is 2.57. The van der Waals surface area contributed by atoms with Crippen LogP contribution in [0.3, 0.4) is 0 Å². The molecule has 7 heteroatoms. The molecule has 0 saturated carbocycles. The average Bonchev–Trinajstić information content (AvgIpc) is 2.70. The van der Waals surface area contributed by atoms with Gasteiger partial charge in [0.1, 0.15) is 10.8 Å². The van der Waals surface area contributed by atoms with E-state index in [0.29, 0.717) is 10.2 Å². The molecule has 0 saturated heterocycles. The molecule has 0 fully saturated rings. The number of fused-ring (bicyclic) bond motifs is 1. The number of nitrogens with zero attached hydrogens (tertiary/aromatic N) is 1. The molecule has 0 bridgehead atoms. The minimum atomic E-state index is -4.95. The van der Waals surface area contributed by atoms with Gasteiger partial charge in [-0.15, -0.1) is 11.3 Å². The van der Waals surface area contributed by atoms with Gasteiger partial charge in [-0.25, -0.2) is 4.98 Å². The molecule has 0 amide bonds. The number of para-hydroxylation sites is 1. The van der Waals surface area contributed by atoms with Crippen molar-refractivity contribution in [1.82, 2.24) is 4.98 Å². The summed E-state index contributed by atoms with van der Waals surface area (Å²) in [5.74, 6) is -0.751. The Morgan fingerprint density at radius 3 is 2.53 bits per heavy atom. The molecular weight excluding hydrogens is 279 g/mol. The van der Waals surface area contributed by atoms with Gasteiger partial charge in [-0.1, -0.05) is 12.1 Å². The van der Waals surface area contributed by atoms with Crippen LogP contribution < -0.4 is 0 Å². The molecule has 102 valence electrons.